The van der Waals surface area contributed by atoms with Crippen LogP contribution in [0, 0.1) is 17.3 Å². The molecule has 22 heavy (non-hydrogen) atoms. The maximum atomic E-state index is 12.5. The van der Waals surface area contributed by atoms with Crippen molar-refractivity contribution in [1.29, 1.82) is 0 Å². The lowest BCUT2D eigenvalue weighted by atomic mass is 9.72. The molecule has 4 heteroatoms. The highest BCUT2D eigenvalue weighted by molar-refractivity contribution is 5.76. The smallest absolute Gasteiger partial charge is 0.303 e. The molecule has 0 spiro atoms. The summed E-state index contributed by atoms with van der Waals surface area (Å²) in [4.78, 5) is 25.2. The normalized spacial score (nSPS) is 25.9. The molecule has 1 aliphatic carbocycles. The minimum absolute atomic E-state index is 0.227. The number of likely N-dealkylation sites (tertiary alicyclic amines) is 1. The monoisotopic (exact) mass is 309 g/mol. The quantitative estimate of drug-likeness (QED) is 0.842. The van der Waals surface area contributed by atoms with Gasteiger partial charge in [0.05, 0.1) is 0 Å². The number of nitrogens with zero attached hydrogens (tertiary/aromatic N) is 1. The third-order valence-electron chi connectivity index (χ3n) is 5.56. The Kier molecular flexibility index (Phi) is 5.87. The molecule has 2 fully saturated rings. The van der Waals surface area contributed by atoms with Gasteiger partial charge in [-0.25, -0.2) is 0 Å². The molecule has 1 atom stereocenters. The van der Waals surface area contributed by atoms with Crippen LogP contribution in [-0.4, -0.2) is 35.0 Å². The molecule has 4 nitrogen and oxygen atoms in total. The minimum atomic E-state index is -0.728. The number of aliphatic carboxylic acids is 1. The maximum Gasteiger partial charge on any atom is 0.303 e. The van der Waals surface area contributed by atoms with Crippen LogP contribution in [0.25, 0.3) is 0 Å². The van der Waals surface area contributed by atoms with Crippen LogP contribution in [0.15, 0.2) is 0 Å². The van der Waals surface area contributed by atoms with E-state index in [4.69, 9.17) is 5.11 Å². The minimum Gasteiger partial charge on any atom is -0.481 e. The van der Waals surface area contributed by atoms with Gasteiger partial charge in [0.25, 0.3) is 0 Å². The summed E-state index contributed by atoms with van der Waals surface area (Å²) in [6.45, 7) is 6.27. The van der Waals surface area contributed by atoms with Crippen molar-refractivity contribution in [2.75, 3.05) is 13.1 Å². The highest BCUT2D eigenvalue weighted by atomic mass is 16.4. The van der Waals surface area contributed by atoms with E-state index in [2.05, 4.69) is 13.8 Å². The lowest BCUT2D eigenvalue weighted by Crippen LogP contribution is -2.41. The summed E-state index contributed by atoms with van der Waals surface area (Å²) in [5.74, 6) is 0.497. The number of amides is 1. The molecule has 0 aromatic carbocycles. The predicted molar refractivity (Wildman–Crippen MR) is 86.5 cm³/mol. The molecular formula is C18H31NO3. The topological polar surface area (TPSA) is 57.6 Å². The van der Waals surface area contributed by atoms with Crippen LogP contribution in [-0.2, 0) is 9.59 Å². The molecule has 1 unspecified atom stereocenters. The van der Waals surface area contributed by atoms with E-state index in [0.29, 0.717) is 36.0 Å². The molecule has 2 rings (SSSR count). The summed E-state index contributed by atoms with van der Waals surface area (Å²) in [5.41, 5.74) is 0.451. The van der Waals surface area contributed by atoms with Crippen molar-refractivity contribution in [2.45, 2.75) is 71.6 Å². The molecule has 0 aromatic rings. The van der Waals surface area contributed by atoms with Crippen LogP contribution in [0.1, 0.15) is 71.6 Å². The average Bonchev–Trinajstić information content (AvgIpc) is 2.47. The van der Waals surface area contributed by atoms with E-state index in [9.17, 15) is 9.59 Å². The Morgan fingerprint density at radius 2 is 1.82 bits per heavy atom. The second kappa shape index (κ2) is 7.47. The maximum absolute atomic E-state index is 12.5. The van der Waals surface area contributed by atoms with Crippen LogP contribution in [0.5, 0.6) is 0 Å². The number of carbonyl (C=O) groups is 2. The highest BCUT2D eigenvalue weighted by Gasteiger charge is 2.30. The lowest BCUT2D eigenvalue weighted by molar-refractivity contribution is -0.137. The van der Waals surface area contributed by atoms with E-state index in [0.717, 1.165) is 25.9 Å². The van der Waals surface area contributed by atoms with Crippen molar-refractivity contribution in [3.8, 4) is 0 Å². The molecule has 1 saturated carbocycles. The molecular weight excluding hydrogens is 278 g/mol. The molecule has 0 aromatic heterocycles. The molecule has 1 aliphatic heterocycles. The van der Waals surface area contributed by atoms with Gasteiger partial charge in [-0.15, -0.1) is 0 Å². The van der Waals surface area contributed by atoms with Gasteiger partial charge < -0.3 is 10.0 Å². The summed E-state index contributed by atoms with van der Waals surface area (Å²) in [5, 5.41) is 8.80. The summed E-state index contributed by atoms with van der Waals surface area (Å²) in [6.07, 6.45) is 8.52. The van der Waals surface area contributed by atoms with Crippen LogP contribution in [0.4, 0.5) is 0 Å². The van der Waals surface area contributed by atoms with Gasteiger partial charge in [0.1, 0.15) is 0 Å². The largest absolute Gasteiger partial charge is 0.481 e. The zero-order valence-corrected chi connectivity index (χ0v) is 14.1. The fourth-order valence-electron chi connectivity index (χ4n) is 3.89. The average molecular weight is 309 g/mol. The van der Waals surface area contributed by atoms with E-state index in [1.54, 1.807) is 0 Å². The van der Waals surface area contributed by atoms with Crippen molar-refractivity contribution in [2.24, 2.45) is 17.3 Å². The van der Waals surface area contributed by atoms with Crippen LogP contribution in [0.2, 0.25) is 0 Å². The Morgan fingerprint density at radius 3 is 2.45 bits per heavy atom. The summed E-state index contributed by atoms with van der Waals surface area (Å²) in [6, 6.07) is 0. The van der Waals surface area contributed by atoms with Crippen LogP contribution >= 0.6 is 0 Å². The number of carbonyl (C=O) groups excluding carboxylic acids is 1. The van der Waals surface area contributed by atoms with E-state index >= 15 is 0 Å². The second-order valence-corrected chi connectivity index (χ2v) is 8.09. The first-order valence-electron chi connectivity index (χ1n) is 8.85. The van der Waals surface area contributed by atoms with Crippen molar-refractivity contribution in [1.82, 2.24) is 4.90 Å². The Hall–Kier alpha value is -1.06. The number of hydrogen-bond donors (Lipinski definition) is 1. The van der Waals surface area contributed by atoms with E-state index < -0.39 is 5.97 Å². The standard InChI is InChI=1S/C18H31NO3/c1-18(2)9-7-14(8-10-18)12-16(20)19-11-3-4-15(13-19)5-6-17(21)22/h14-15H,3-13H2,1-2H3,(H,21,22). The SMILES string of the molecule is CC1(C)CCC(CC(=O)N2CCCC(CCC(=O)O)C2)CC1. The highest BCUT2D eigenvalue weighted by Crippen LogP contribution is 2.39. The first-order valence-corrected chi connectivity index (χ1v) is 8.85. The number of carboxylic acid groups (broad SMARTS) is 1. The fraction of sp³-hybridized carbons (Fsp3) is 0.889. The van der Waals surface area contributed by atoms with Gasteiger partial charge in [-0.1, -0.05) is 13.8 Å². The molecule has 1 amide bonds. The van der Waals surface area contributed by atoms with Gasteiger partial charge in [0.2, 0.25) is 5.91 Å². The zero-order chi connectivity index (χ0) is 16.2. The van der Waals surface area contributed by atoms with Crippen molar-refractivity contribution < 1.29 is 14.7 Å². The molecule has 1 saturated heterocycles. The first kappa shape index (κ1) is 17.3. The molecule has 2 aliphatic rings. The summed E-state index contributed by atoms with van der Waals surface area (Å²) >= 11 is 0. The molecule has 126 valence electrons. The molecule has 0 bridgehead atoms. The second-order valence-electron chi connectivity index (χ2n) is 8.09. The lowest BCUT2D eigenvalue weighted by Gasteiger charge is -2.36. The zero-order valence-electron chi connectivity index (χ0n) is 14.1. The van der Waals surface area contributed by atoms with Gasteiger partial charge in [-0.2, -0.15) is 0 Å². The van der Waals surface area contributed by atoms with Crippen molar-refractivity contribution in [3.05, 3.63) is 0 Å². The van der Waals surface area contributed by atoms with E-state index in [1.807, 2.05) is 4.90 Å². The molecule has 0 radical (unpaired) electrons. The van der Waals surface area contributed by atoms with Gasteiger partial charge in [-0.05, 0) is 62.2 Å². The first-order chi connectivity index (χ1) is 10.4. The van der Waals surface area contributed by atoms with E-state index in [1.165, 1.54) is 25.7 Å². The fourth-order valence-corrected chi connectivity index (χ4v) is 3.89. The Balaban J connectivity index is 1.76. The third-order valence-corrected chi connectivity index (χ3v) is 5.56. The van der Waals surface area contributed by atoms with Gasteiger partial charge >= 0.3 is 5.97 Å². The van der Waals surface area contributed by atoms with Crippen molar-refractivity contribution in [3.63, 3.8) is 0 Å². The Morgan fingerprint density at radius 1 is 1.14 bits per heavy atom. The Bertz CT molecular complexity index is 395. The molecule has 1 heterocycles. The Labute approximate surface area is 134 Å². The van der Waals surface area contributed by atoms with Crippen LogP contribution in [0.3, 0.4) is 0 Å². The van der Waals surface area contributed by atoms with Gasteiger partial charge in [0.15, 0.2) is 0 Å². The number of rotatable bonds is 5. The van der Waals surface area contributed by atoms with Crippen molar-refractivity contribution >= 4 is 11.9 Å². The number of piperidine rings is 1. The third kappa shape index (κ3) is 5.29. The number of hydrogen-bond acceptors (Lipinski definition) is 2. The van der Waals surface area contributed by atoms with Gasteiger partial charge in [0, 0.05) is 25.9 Å². The summed E-state index contributed by atoms with van der Waals surface area (Å²) < 4.78 is 0. The predicted octanol–water partition coefficient (Wildman–Crippen LogP) is 3.70. The van der Waals surface area contributed by atoms with Gasteiger partial charge in [-0.3, -0.25) is 9.59 Å². The number of carboxylic acids is 1. The van der Waals surface area contributed by atoms with Crippen LogP contribution < -0.4 is 0 Å². The molecule has 1 N–H and O–H groups in total. The van der Waals surface area contributed by atoms with E-state index in [-0.39, 0.29) is 6.42 Å². The summed E-state index contributed by atoms with van der Waals surface area (Å²) in [7, 11) is 0.